The maximum absolute atomic E-state index is 12.3. The van der Waals surface area contributed by atoms with Gasteiger partial charge in [0.15, 0.2) is 5.78 Å². The van der Waals surface area contributed by atoms with Crippen molar-refractivity contribution in [3.63, 3.8) is 0 Å². The average Bonchev–Trinajstić information content (AvgIpc) is 2.72. The van der Waals surface area contributed by atoms with E-state index in [0.717, 1.165) is 19.2 Å². The minimum atomic E-state index is -0.751. The van der Waals surface area contributed by atoms with Gasteiger partial charge >= 0.3 is 11.9 Å². The summed E-state index contributed by atoms with van der Waals surface area (Å²) in [6.45, 7) is 0. The van der Waals surface area contributed by atoms with Crippen LogP contribution in [0, 0.1) is 10.1 Å². The summed E-state index contributed by atoms with van der Waals surface area (Å²) in [7, 11) is 2.33. The van der Waals surface area contributed by atoms with Crippen LogP contribution in [0.3, 0.4) is 0 Å². The summed E-state index contributed by atoms with van der Waals surface area (Å²) in [5.41, 5.74) is -0.0368. The molecule has 0 unspecified atom stereocenters. The highest BCUT2D eigenvalue weighted by Crippen LogP contribution is 2.20. The maximum atomic E-state index is 12.3. The van der Waals surface area contributed by atoms with Crippen LogP contribution in [-0.2, 0) is 14.3 Å². The molecule has 1 N–H and O–H groups in total. The Morgan fingerprint density at radius 2 is 1.52 bits per heavy atom. The molecule has 0 saturated heterocycles. The third kappa shape index (κ3) is 5.22. The zero-order valence-corrected chi connectivity index (χ0v) is 15.5. The molecule has 0 radical (unpaired) electrons. The Morgan fingerprint density at radius 3 is 2.07 bits per heavy atom. The van der Waals surface area contributed by atoms with Crippen LogP contribution in [0.4, 0.5) is 11.4 Å². The largest absolute Gasteiger partial charge is 0.465 e. The van der Waals surface area contributed by atoms with E-state index in [1.807, 2.05) is 0 Å². The maximum Gasteiger partial charge on any atom is 0.339 e. The summed E-state index contributed by atoms with van der Waals surface area (Å²) in [6, 6.07) is 8.63. The van der Waals surface area contributed by atoms with Crippen molar-refractivity contribution in [2.45, 2.75) is 6.42 Å². The van der Waals surface area contributed by atoms with E-state index in [1.165, 1.54) is 37.4 Å². The average molecular weight is 400 g/mol. The highest BCUT2D eigenvalue weighted by Gasteiger charge is 2.19. The lowest BCUT2D eigenvalue weighted by Crippen LogP contribution is -2.19. The molecule has 0 saturated carbocycles. The third-order valence-corrected chi connectivity index (χ3v) is 3.84. The van der Waals surface area contributed by atoms with Gasteiger partial charge < -0.3 is 14.8 Å². The second kappa shape index (κ2) is 9.22. The van der Waals surface area contributed by atoms with E-state index in [2.05, 4.69) is 14.8 Å². The predicted molar refractivity (Wildman–Crippen MR) is 99.8 cm³/mol. The lowest BCUT2D eigenvalue weighted by molar-refractivity contribution is -0.384. The number of benzene rings is 2. The van der Waals surface area contributed by atoms with Gasteiger partial charge in [-0.25, -0.2) is 9.59 Å². The number of methoxy groups -OCH3 is 2. The van der Waals surface area contributed by atoms with Crippen LogP contribution < -0.4 is 5.32 Å². The molecule has 1 amide bonds. The van der Waals surface area contributed by atoms with Crippen LogP contribution in [0.2, 0.25) is 0 Å². The second-order valence-corrected chi connectivity index (χ2v) is 5.70. The van der Waals surface area contributed by atoms with E-state index in [0.29, 0.717) is 0 Å². The minimum absolute atomic E-state index is 0.0173. The van der Waals surface area contributed by atoms with Crippen molar-refractivity contribution in [2.24, 2.45) is 0 Å². The molecule has 2 rings (SSSR count). The summed E-state index contributed by atoms with van der Waals surface area (Å²) in [5, 5.41) is 13.1. The Labute approximate surface area is 164 Å². The van der Waals surface area contributed by atoms with Gasteiger partial charge in [0.2, 0.25) is 5.91 Å². The molecule has 10 heteroatoms. The molecular weight excluding hydrogens is 384 g/mol. The van der Waals surface area contributed by atoms with Gasteiger partial charge in [0.25, 0.3) is 5.69 Å². The number of non-ortho nitro benzene ring substituents is 1. The number of rotatable bonds is 7. The zero-order valence-electron chi connectivity index (χ0n) is 15.5. The minimum Gasteiger partial charge on any atom is -0.465 e. The molecule has 0 aliphatic heterocycles. The lowest BCUT2D eigenvalue weighted by atomic mass is 10.1. The predicted octanol–water partition coefficient (Wildman–Crippen LogP) is 2.38. The molecule has 0 bridgehead atoms. The highest BCUT2D eigenvalue weighted by molar-refractivity contribution is 6.12. The Hall–Kier alpha value is -4.08. The number of ketones is 1. The Bertz CT molecular complexity index is 982. The molecule has 0 atom stereocenters. The first-order chi connectivity index (χ1) is 13.8. The van der Waals surface area contributed by atoms with Gasteiger partial charge in [0.05, 0.1) is 42.4 Å². The van der Waals surface area contributed by atoms with Gasteiger partial charge in [-0.2, -0.15) is 0 Å². The quantitative estimate of drug-likeness (QED) is 0.245. The summed E-state index contributed by atoms with van der Waals surface area (Å²) >= 11 is 0. The normalized spacial score (nSPS) is 10.0. The van der Waals surface area contributed by atoms with Crippen molar-refractivity contribution in [1.82, 2.24) is 0 Å². The number of nitrogens with zero attached hydrogens (tertiary/aromatic N) is 1. The number of hydrogen-bond donors (Lipinski definition) is 1. The smallest absolute Gasteiger partial charge is 0.339 e. The van der Waals surface area contributed by atoms with Gasteiger partial charge in [0.1, 0.15) is 0 Å². The second-order valence-electron chi connectivity index (χ2n) is 5.70. The molecule has 2 aromatic carbocycles. The molecule has 0 fully saturated rings. The van der Waals surface area contributed by atoms with Crippen molar-refractivity contribution < 1.29 is 33.6 Å². The molecule has 150 valence electrons. The summed E-state index contributed by atoms with van der Waals surface area (Å²) in [6.07, 6.45) is -0.582. The molecule has 0 aliphatic carbocycles. The SMILES string of the molecule is COC(=O)c1ccc(C(=O)OC)c(NC(=O)CC(=O)c2ccc([N+](=O)[O-])cc2)c1. The first-order valence-electron chi connectivity index (χ1n) is 8.15. The van der Waals surface area contributed by atoms with E-state index >= 15 is 0 Å². The molecule has 0 spiro atoms. The van der Waals surface area contributed by atoms with E-state index in [-0.39, 0.29) is 28.1 Å². The number of anilines is 1. The van der Waals surface area contributed by atoms with Crippen molar-refractivity contribution >= 4 is 35.0 Å². The van der Waals surface area contributed by atoms with Crippen LogP contribution in [0.15, 0.2) is 42.5 Å². The number of hydrogen-bond acceptors (Lipinski definition) is 8. The fourth-order valence-corrected chi connectivity index (χ4v) is 2.39. The molecule has 2 aromatic rings. The first-order valence-corrected chi connectivity index (χ1v) is 8.15. The van der Waals surface area contributed by atoms with E-state index < -0.39 is 35.0 Å². The number of nitrogens with one attached hydrogen (secondary N) is 1. The molecule has 0 aliphatic rings. The number of nitro groups is 1. The number of amides is 1. The fraction of sp³-hybridized carbons (Fsp3) is 0.158. The summed E-state index contributed by atoms with van der Waals surface area (Å²) in [4.78, 5) is 58.1. The van der Waals surface area contributed by atoms with E-state index in [1.54, 1.807) is 0 Å². The van der Waals surface area contributed by atoms with Crippen LogP contribution in [0.1, 0.15) is 37.5 Å². The molecule has 10 nitrogen and oxygen atoms in total. The number of nitro benzene ring substituents is 1. The highest BCUT2D eigenvalue weighted by atomic mass is 16.6. The van der Waals surface area contributed by atoms with Crippen LogP contribution >= 0.6 is 0 Å². The number of ether oxygens (including phenoxy) is 2. The van der Waals surface area contributed by atoms with Crippen LogP contribution in [0.5, 0.6) is 0 Å². The van der Waals surface area contributed by atoms with Crippen LogP contribution in [0.25, 0.3) is 0 Å². The Balaban J connectivity index is 2.19. The molecular formula is C19H16N2O8. The lowest BCUT2D eigenvalue weighted by Gasteiger charge is -2.11. The number of Topliss-reactive ketones (excluding diaryl/α,β-unsaturated/α-hetero) is 1. The van der Waals surface area contributed by atoms with Crippen LogP contribution in [-0.4, -0.2) is 42.8 Å². The summed E-state index contributed by atoms with van der Waals surface area (Å²) in [5.74, 6) is -2.76. The van der Waals surface area contributed by atoms with Gasteiger partial charge in [-0.05, 0) is 30.3 Å². The standard InChI is InChI=1S/C19H16N2O8/c1-28-18(24)12-5-8-14(19(25)29-2)15(9-12)20-17(23)10-16(22)11-3-6-13(7-4-11)21(26)27/h3-9H,10H2,1-2H3,(H,20,23). The molecule has 29 heavy (non-hydrogen) atoms. The van der Waals surface area contributed by atoms with Crippen molar-refractivity contribution in [3.8, 4) is 0 Å². The van der Waals surface area contributed by atoms with Gasteiger partial charge in [-0.3, -0.25) is 19.7 Å². The van der Waals surface area contributed by atoms with Crippen molar-refractivity contribution in [2.75, 3.05) is 19.5 Å². The first kappa shape index (κ1) is 21.2. The van der Waals surface area contributed by atoms with E-state index in [4.69, 9.17) is 0 Å². The van der Waals surface area contributed by atoms with Crippen molar-refractivity contribution in [3.05, 3.63) is 69.3 Å². The number of carbonyl (C=O) groups is 4. The Morgan fingerprint density at radius 1 is 0.931 bits per heavy atom. The van der Waals surface area contributed by atoms with Gasteiger partial charge in [-0.1, -0.05) is 0 Å². The van der Waals surface area contributed by atoms with Gasteiger partial charge in [0, 0.05) is 17.7 Å². The van der Waals surface area contributed by atoms with E-state index in [9.17, 15) is 29.3 Å². The van der Waals surface area contributed by atoms with Crippen molar-refractivity contribution in [1.29, 1.82) is 0 Å². The monoisotopic (exact) mass is 400 g/mol. The fourth-order valence-electron chi connectivity index (χ4n) is 2.39. The topological polar surface area (TPSA) is 142 Å². The number of carbonyl (C=O) groups excluding carboxylic acids is 4. The molecule has 0 heterocycles. The summed E-state index contributed by atoms with van der Waals surface area (Å²) < 4.78 is 9.24. The third-order valence-electron chi connectivity index (χ3n) is 3.84. The van der Waals surface area contributed by atoms with Gasteiger partial charge in [-0.15, -0.1) is 0 Å². The number of esters is 2. The Kier molecular flexibility index (Phi) is 6.75. The molecule has 0 aromatic heterocycles. The zero-order chi connectivity index (χ0) is 21.6.